The van der Waals surface area contributed by atoms with E-state index < -0.39 is 0 Å². The molecule has 4 heteroatoms. The van der Waals surface area contributed by atoms with Crippen molar-refractivity contribution in [3.8, 4) is 0 Å². The normalized spacial score (nSPS) is 17.8. The molecule has 21 heavy (non-hydrogen) atoms. The first-order valence-electron chi connectivity index (χ1n) is 7.99. The molecule has 1 atom stereocenters. The number of benzene rings is 1. The van der Waals surface area contributed by atoms with Gasteiger partial charge in [-0.1, -0.05) is 31.5 Å². The maximum atomic E-state index is 4.56. The molecule has 2 aromatic rings. The minimum absolute atomic E-state index is 0.609. The van der Waals surface area contributed by atoms with Gasteiger partial charge in [-0.2, -0.15) is 0 Å². The van der Waals surface area contributed by atoms with Crippen molar-refractivity contribution in [2.24, 2.45) is 5.92 Å². The van der Waals surface area contributed by atoms with Crippen LogP contribution < -0.4 is 5.32 Å². The van der Waals surface area contributed by atoms with Gasteiger partial charge in [0.15, 0.2) is 0 Å². The number of rotatable bonds is 5. The Morgan fingerprint density at radius 1 is 1.19 bits per heavy atom. The van der Waals surface area contributed by atoms with Crippen LogP contribution in [0.15, 0.2) is 30.5 Å². The number of piperidine rings is 1. The number of anilines is 1. The van der Waals surface area contributed by atoms with Crippen molar-refractivity contribution in [1.29, 1.82) is 0 Å². The predicted octanol–water partition coefficient (Wildman–Crippen LogP) is 3.16. The molecule has 1 fully saturated rings. The van der Waals surface area contributed by atoms with Gasteiger partial charge in [-0.05, 0) is 37.9 Å². The molecule has 0 bridgehead atoms. The first-order valence-corrected chi connectivity index (χ1v) is 7.99. The van der Waals surface area contributed by atoms with Crippen molar-refractivity contribution in [1.82, 2.24) is 14.9 Å². The van der Waals surface area contributed by atoms with Crippen molar-refractivity contribution in [3.05, 3.63) is 30.5 Å². The van der Waals surface area contributed by atoms with Crippen molar-refractivity contribution < 1.29 is 0 Å². The molecule has 4 nitrogen and oxygen atoms in total. The van der Waals surface area contributed by atoms with E-state index >= 15 is 0 Å². The number of fused-ring (bicyclic) bond motifs is 1. The largest absolute Gasteiger partial charge is 0.354 e. The minimum atomic E-state index is 0.609. The zero-order valence-corrected chi connectivity index (χ0v) is 12.8. The fourth-order valence-corrected chi connectivity index (χ4v) is 2.97. The molecule has 0 spiro atoms. The summed E-state index contributed by atoms with van der Waals surface area (Å²) in [7, 11) is 0. The van der Waals surface area contributed by atoms with Crippen LogP contribution in [0.2, 0.25) is 0 Å². The van der Waals surface area contributed by atoms with Crippen LogP contribution in [0, 0.1) is 5.92 Å². The summed E-state index contributed by atoms with van der Waals surface area (Å²) in [5, 5.41) is 4.46. The summed E-state index contributed by atoms with van der Waals surface area (Å²) < 4.78 is 0. The SMILES string of the molecule is CC(CNc1ncc2ccccc2n1)CN1CCCCC1. The van der Waals surface area contributed by atoms with E-state index in [1.165, 1.54) is 38.9 Å². The van der Waals surface area contributed by atoms with E-state index in [1.54, 1.807) is 0 Å². The number of hydrogen-bond donors (Lipinski definition) is 1. The molecule has 3 rings (SSSR count). The molecule has 1 N–H and O–H groups in total. The van der Waals surface area contributed by atoms with Gasteiger partial charge in [-0.25, -0.2) is 9.97 Å². The van der Waals surface area contributed by atoms with Gasteiger partial charge in [-0.3, -0.25) is 0 Å². The van der Waals surface area contributed by atoms with Crippen LogP contribution >= 0.6 is 0 Å². The molecule has 1 saturated heterocycles. The van der Waals surface area contributed by atoms with Gasteiger partial charge >= 0.3 is 0 Å². The Labute approximate surface area is 126 Å². The second-order valence-corrected chi connectivity index (χ2v) is 6.10. The van der Waals surface area contributed by atoms with Gasteiger partial charge < -0.3 is 10.2 Å². The highest BCUT2D eigenvalue weighted by molar-refractivity contribution is 5.78. The van der Waals surface area contributed by atoms with Crippen LogP contribution in [0.5, 0.6) is 0 Å². The monoisotopic (exact) mass is 284 g/mol. The lowest BCUT2D eigenvalue weighted by atomic mass is 10.1. The fourth-order valence-electron chi connectivity index (χ4n) is 2.97. The van der Waals surface area contributed by atoms with Crippen LogP contribution in [-0.2, 0) is 0 Å². The number of nitrogens with one attached hydrogen (secondary N) is 1. The Balaban J connectivity index is 1.53. The molecule has 1 aliphatic rings. The van der Waals surface area contributed by atoms with E-state index in [0.717, 1.165) is 23.4 Å². The average molecular weight is 284 g/mol. The predicted molar refractivity (Wildman–Crippen MR) is 87.5 cm³/mol. The number of para-hydroxylation sites is 1. The molecule has 112 valence electrons. The lowest BCUT2D eigenvalue weighted by Crippen LogP contribution is -2.35. The Morgan fingerprint density at radius 3 is 2.86 bits per heavy atom. The highest BCUT2D eigenvalue weighted by Crippen LogP contribution is 2.13. The van der Waals surface area contributed by atoms with E-state index in [-0.39, 0.29) is 0 Å². The average Bonchev–Trinajstić information content (AvgIpc) is 2.54. The first kappa shape index (κ1) is 14.3. The van der Waals surface area contributed by atoms with Crippen molar-refractivity contribution in [2.75, 3.05) is 31.5 Å². The smallest absolute Gasteiger partial charge is 0.223 e. The third kappa shape index (κ3) is 3.91. The lowest BCUT2D eigenvalue weighted by molar-refractivity contribution is 0.204. The first-order chi connectivity index (χ1) is 10.3. The van der Waals surface area contributed by atoms with E-state index in [2.05, 4.69) is 27.1 Å². The van der Waals surface area contributed by atoms with Crippen LogP contribution in [0.4, 0.5) is 5.95 Å². The highest BCUT2D eigenvalue weighted by Gasteiger charge is 2.13. The molecule has 0 amide bonds. The third-order valence-corrected chi connectivity index (χ3v) is 4.12. The second-order valence-electron chi connectivity index (χ2n) is 6.10. The van der Waals surface area contributed by atoms with Crippen molar-refractivity contribution in [3.63, 3.8) is 0 Å². The summed E-state index contributed by atoms with van der Waals surface area (Å²) in [5.41, 5.74) is 0.999. The second kappa shape index (κ2) is 6.85. The molecular weight excluding hydrogens is 260 g/mol. The fraction of sp³-hybridized carbons (Fsp3) is 0.529. The van der Waals surface area contributed by atoms with E-state index in [0.29, 0.717) is 5.92 Å². The van der Waals surface area contributed by atoms with E-state index in [1.807, 2.05) is 30.5 Å². The van der Waals surface area contributed by atoms with Crippen LogP contribution in [0.25, 0.3) is 10.9 Å². The molecule has 1 aromatic heterocycles. The van der Waals surface area contributed by atoms with Crippen molar-refractivity contribution in [2.45, 2.75) is 26.2 Å². The van der Waals surface area contributed by atoms with Gasteiger partial charge in [0.1, 0.15) is 0 Å². The Morgan fingerprint density at radius 2 is 2.00 bits per heavy atom. The van der Waals surface area contributed by atoms with Crippen molar-refractivity contribution >= 4 is 16.9 Å². The maximum absolute atomic E-state index is 4.56. The standard InChI is InChI=1S/C17H24N4/c1-14(13-21-9-5-2-6-10-21)11-18-17-19-12-15-7-3-4-8-16(15)20-17/h3-4,7-8,12,14H,2,5-6,9-11,13H2,1H3,(H,18,19,20). The lowest BCUT2D eigenvalue weighted by Gasteiger charge is -2.29. The van der Waals surface area contributed by atoms with Gasteiger partial charge in [0.25, 0.3) is 0 Å². The van der Waals surface area contributed by atoms with Crippen LogP contribution in [-0.4, -0.2) is 41.0 Å². The van der Waals surface area contributed by atoms with E-state index in [9.17, 15) is 0 Å². The highest BCUT2D eigenvalue weighted by atomic mass is 15.1. The van der Waals surface area contributed by atoms with Gasteiger partial charge in [0, 0.05) is 24.7 Å². The minimum Gasteiger partial charge on any atom is -0.354 e. The molecule has 0 radical (unpaired) electrons. The number of hydrogen-bond acceptors (Lipinski definition) is 4. The summed E-state index contributed by atoms with van der Waals surface area (Å²) >= 11 is 0. The molecule has 0 aliphatic carbocycles. The Bertz CT molecular complexity index is 578. The Hall–Kier alpha value is -1.68. The zero-order chi connectivity index (χ0) is 14.5. The summed E-state index contributed by atoms with van der Waals surface area (Å²) in [6.07, 6.45) is 6.00. The van der Waals surface area contributed by atoms with Gasteiger partial charge in [-0.15, -0.1) is 0 Å². The molecule has 0 saturated carbocycles. The van der Waals surface area contributed by atoms with E-state index in [4.69, 9.17) is 0 Å². The summed E-state index contributed by atoms with van der Waals surface area (Å²) in [5.74, 6) is 1.34. The van der Waals surface area contributed by atoms with Crippen LogP contribution in [0.3, 0.4) is 0 Å². The molecular formula is C17H24N4. The quantitative estimate of drug-likeness (QED) is 0.915. The topological polar surface area (TPSA) is 41.1 Å². The van der Waals surface area contributed by atoms with Gasteiger partial charge in [0.05, 0.1) is 5.52 Å². The summed E-state index contributed by atoms with van der Waals surface area (Å²) in [6.45, 7) is 6.91. The third-order valence-electron chi connectivity index (χ3n) is 4.12. The molecule has 1 aromatic carbocycles. The zero-order valence-electron chi connectivity index (χ0n) is 12.8. The number of aromatic nitrogens is 2. The Kier molecular flexibility index (Phi) is 4.65. The summed E-state index contributed by atoms with van der Waals surface area (Å²) in [6, 6.07) is 8.09. The summed E-state index contributed by atoms with van der Waals surface area (Å²) in [4.78, 5) is 11.5. The molecule has 2 heterocycles. The van der Waals surface area contributed by atoms with Crippen LogP contribution in [0.1, 0.15) is 26.2 Å². The maximum Gasteiger partial charge on any atom is 0.223 e. The molecule has 1 aliphatic heterocycles. The number of likely N-dealkylation sites (tertiary alicyclic amines) is 1. The molecule has 1 unspecified atom stereocenters. The number of nitrogens with zero attached hydrogens (tertiary/aromatic N) is 3. The van der Waals surface area contributed by atoms with Gasteiger partial charge in [0.2, 0.25) is 5.95 Å².